The van der Waals surface area contributed by atoms with Crippen molar-refractivity contribution in [2.45, 2.75) is 24.7 Å². The summed E-state index contributed by atoms with van der Waals surface area (Å²) in [7, 11) is -1.00. The van der Waals surface area contributed by atoms with E-state index < -0.39 is 27.8 Å². The molecule has 2 unspecified atom stereocenters. The summed E-state index contributed by atoms with van der Waals surface area (Å²) in [4.78, 5) is 11.9. The number of aromatic amines is 1. The number of halogens is 3. The third-order valence-electron chi connectivity index (χ3n) is 5.37. The maximum Gasteiger partial charge on any atom is 0.418 e. The van der Waals surface area contributed by atoms with Gasteiger partial charge in [0.1, 0.15) is 11.5 Å². The number of H-pyrrole nitrogens is 1. The van der Waals surface area contributed by atoms with E-state index in [1.807, 2.05) is 0 Å². The fourth-order valence-corrected chi connectivity index (χ4v) is 4.59. The van der Waals surface area contributed by atoms with Crippen LogP contribution in [0.15, 0.2) is 41.1 Å². The van der Waals surface area contributed by atoms with Crippen molar-refractivity contribution in [2.24, 2.45) is 0 Å². The molecule has 0 saturated carbocycles. The molecule has 12 heteroatoms. The molecule has 3 N–H and O–H groups in total. The molecule has 1 aliphatic carbocycles. The molecule has 0 bridgehead atoms. The zero-order valence-corrected chi connectivity index (χ0v) is 19.3. The highest BCUT2D eigenvalue weighted by Crippen LogP contribution is 2.38. The fraction of sp³-hybridized carbons (Fsp3) is 0.429. The molecular weight excluding hydrogens is 459 g/mol. The topological polar surface area (TPSA) is 101 Å². The summed E-state index contributed by atoms with van der Waals surface area (Å²) in [5.41, 5.74) is -0.235. The van der Waals surface area contributed by atoms with Gasteiger partial charge in [-0.15, -0.1) is 0 Å². The van der Waals surface area contributed by atoms with Crippen molar-refractivity contribution in [3.8, 4) is 0 Å². The van der Waals surface area contributed by atoms with E-state index in [9.17, 15) is 17.4 Å². The molecule has 33 heavy (non-hydrogen) atoms. The van der Waals surface area contributed by atoms with E-state index in [2.05, 4.69) is 25.6 Å². The van der Waals surface area contributed by atoms with Crippen molar-refractivity contribution in [3.63, 3.8) is 0 Å². The number of hydrogen-bond acceptors (Lipinski definition) is 7. The van der Waals surface area contributed by atoms with Crippen molar-refractivity contribution in [2.75, 3.05) is 43.5 Å². The van der Waals surface area contributed by atoms with Gasteiger partial charge < -0.3 is 25.1 Å². The Morgan fingerprint density at radius 1 is 1.24 bits per heavy atom. The first-order chi connectivity index (χ1) is 15.5. The Balaban J connectivity index is 1.71. The highest BCUT2D eigenvalue weighted by Gasteiger charge is 2.36. The smallest absolute Gasteiger partial charge is 0.379 e. The van der Waals surface area contributed by atoms with Gasteiger partial charge in [-0.25, -0.2) is 0 Å². The van der Waals surface area contributed by atoms with Gasteiger partial charge >= 0.3 is 6.18 Å². The standard InChI is InChI=1S/C21H26F3N5O3S/c1-31-14-8-12(4-5-15(9-14)33(2,3)30)27-20-28-18-17(16(10-25-18)21(22,23)24)19(29-20)26-13-6-7-32-11-13/h4-5,8-10,13-14,33H,6-7,11H2,1-3H3,(H3,25,26,27,28,29). The number of alkyl halides is 3. The second-order valence-electron chi connectivity index (χ2n) is 8.25. The number of fused-ring (bicyclic) bond motifs is 1. The molecule has 2 aromatic heterocycles. The Morgan fingerprint density at radius 3 is 2.67 bits per heavy atom. The minimum atomic E-state index is -4.56. The third-order valence-corrected chi connectivity index (χ3v) is 6.91. The van der Waals surface area contributed by atoms with E-state index in [1.54, 1.807) is 36.8 Å². The molecule has 3 heterocycles. The van der Waals surface area contributed by atoms with Crippen LogP contribution >= 0.6 is 0 Å². The van der Waals surface area contributed by atoms with Gasteiger partial charge in [0.2, 0.25) is 5.95 Å². The molecule has 0 amide bonds. The first-order valence-corrected chi connectivity index (χ1v) is 12.9. The summed E-state index contributed by atoms with van der Waals surface area (Å²) in [6.07, 6.45) is 6.82. The van der Waals surface area contributed by atoms with E-state index in [0.717, 1.165) is 6.20 Å². The number of allylic oxidation sites excluding steroid dienone is 2. The lowest BCUT2D eigenvalue weighted by atomic mass is 10.2. The molecule has 2 aromatic rings. The van der Waals surface area contributed by atoms with E-state index in [0.29, 0.717) is 30.2 Å². The minimum absolute atomic E-state index is 0.0492. The number of rotatable bonds is 6. The van der Waals surface area contributed by atoms with Crippen molar-refractivity contribution in [3.05, 3.63) is 46.7 Å². The van der Waals surface area contributed by atoms with Gasteiger partial charge in [-0.1, -0.05) is 9.93 Å². The SMILES string of the molecule is COC1C=C(Nc2nc(NC3CCOC3)c3c(C(F)(F)F)c[nH]c3n2)C=CC([SH](C)(C)=O)=C1. The quantitative estimate of drug-likeness (QED) is 0.466. The van der Waals surface area contributed by atoms with Crippen LogP contribution < -0.4 is 10.6 Å². The Hall–Kier alpha value is -2.70. The average Bonchev–Trinajstić information content (AvgIpc) is 3.33. The van der Waals surface area contributed by atoms with Gasteiger partial charge in [0.25, 0.3) is 0 Å². The van der Waals surface area contributed by atoms with Gasteiger partial charge in [-0.05, 0) is 43.2 Å². The number of hydrogen-bond donors (Lipinski definition) is 4. The van der Waals surface area contributed by atoms with Crippen LogP contribution in [0.3, 0.4) is 0 Å². The maximum atomic E-state index is 13.6. The molecule has 180 valence electrons. The highest BCUT2D eigenvalue weighted by atomic mass is 32.2. The molecule has 0 aromatic carbocycles. The Bertz CT molecular complexity index is 1180. The summed E-state index contributed by atoms with van der Waals surface area (Å²) < 4.78 is 64.0. The number of anilines is 2. The predicted molar refractivity (Wildman–Crippen MR) is 123 cm³/mol. The van der Waals surface area contributed by atoms with Crippen molar-refractivity contribution >= 4 is 32.7 Å². The molecule has 1 fully saturated rings. The van der Waals surface area contributed by atoms with Gasteiger partial charge in [-0.2, -0.15) is 23.1 Å². The second kappa shape index (κ2) is 8.92. The van der Waals surface area contributed by atoms with Crippen LogP contribution in [0.2, 0.25) is 0 Å². The lowest BCUT2D eigenvalue weighted by molar-refractivity contribution is -0.136. The van der Waals surface area contributed by atoms with Crippen LogP contribution in [0, 0.1) is 0 Å². The van der Waals surface area contributed by atoms with E-state index in [-0.39, 0.29) is 28.8 Å². The van der Waals surface area contributed by atoms with Crippen LogP contribution in [0.4, 0.5) is 24.9 Å². The minimum Gasteiger partial charge on any atom is -0.379 e. The lowest BCUT2D eigenvalue weighted by Gasteiger charge is -2.16. The monoisotopic (exact) mass is 485 g/mol. The number of methoxy groups -OCH3 is 1. The zero-order valence-electron chi connectivity index (χ0n) is 18.4. The zero-order chi connectivity index (χ0) is 23.8. The number of ether oxygens (including phenoxy) is 2. The van der Waals surface area contributed by atoms with Crippen LogP contribution in [-0.4, -0.2) is 64.1 Å². The largest absolute Gasteiger partial charge is 0.418 e. The van der Waals surface area contributed by atoms with E-state index in [1.165, 1.54) is 7.11 Å². The Kier molecular flexibility index (Phi) is 6.34. The van der Waals surface area contributed by atoms with E-state index >= 15 is 0 Å². The Labute approximate surface area is 189 Å². The lowest BCUT2D eigenvalue weighted by Crippen LogP contribution is -2.21. The molecule has 4 rings (SSSR count). The molecule has 2 aliphatic rings. The van der Waals surface area contributed by atoms with Gasteiger partial charge in [-0.3, -0.25) is 4.21 Å². The van der Waals surface area contributed by atoms with Gasteiger partial charge in [0.15, 0.2) is 0 Å². The molecule has 2 atom stereocenters. The third kappa shape index (κ3) is 5.28. The van der Waals surface area contributed by atoms with E-state index in [4.69, 9.17) is 9.47 Å². The highest BCUT2D eigenvalue weighted by molar-refractivity contribution is 8.05. The van der Waals surface area contributed by atoms with Crippen LogP contribution in [0.1, 0.15) is 12.0 Å². The number of aromatic nitrogens is 3. The molecule has 1 aliphatic heterocycles. The summed E-state index contributed by atoms with van der Waals surface area (Å²) >= 11 is 0. The molecular formula is C21H26F3N5O3S. The second-order valence-corrected chi connectivity index (χ2v) is 11.5. The summed E-state index contributed by atoms with van der Waals surface area (Å²) in [5.74, 6) is 0.170. The molecule has 1 saturated heterocycles. The van der Waals surface area contributed by atoms with Gasteiger partial charge in [0.05, 0.1) is 29.7 Å². The van der Waals surface area contributed by atoms with Crippen LogP contribution in [0.25, 0.3) is 11.0 Å². The van der Waals surface area contributed by atoms with Crippen molar-refractivity contribution in [1.82, 2.24) is 15.0 Å². The average molecular weight is 486 g/mol. The summed E-state index contributed by atoms with van der Waals surface area (Å²) in [5, 5.41) is 5.99. The fourth-order valence-electron chi connectivity index (χ4n) is 3.65. The number of thiol groups is 1. The van der Waals surface area contributed by atoms with Gasteiger partial charge in [0, 0.05) is 30.5 Å². The predicted octanol–water partition coefficient (Wildman–Crippen LogP) is 3.22. The summed E-state index contributed by atoms with van der Waals surface area (Å²) in [6.45, 7) is 0.909. The molecule has 0 radical (unpaired) electrons. The van der Waals surface area contributed by atoms with Crippen molar-refractivity contribution < 1.29 is 26.9 Å². The molecule has 0 spiro atoms. The number of nitrogens with one attached hydrogen (secondary N) is 3. The van der Waals surface area contributed by atoms with Crippen molar-refractivity contribution in [1.29, 1.82) is 0 Å². The first kappa shape index (κ1) is 23.5. The van der Waals surface area contributed by atoms with Crippen LogP contribution in [-0.2, 0) is 25.6 Å². The molecule has 8 nitrogen and oxygen atoms in total. The Morgan fingerprint density at radius 2 is 2.03 bits per heavy atom. The maximum absolute atomic E-state index is 13.6. The van der Waals surface area contributed by atoms with Crippen LogP contribution in [0.5, 0.6) is 0 Å². The normalized spacial score (nSPS) is 22.1. The summed E-state index contributed by atoms with van der Waals surface area (Å²) in [6, 6.07) is -0.156. The number of nitrogens with zero attached hydrogens (tertiary/aromatic N) is 2. The first-order valence-electron chi connectivity index (χ1n) is 10.3.